The molecule has 0 aliphatic rings. The summed E-state index contributed by atoms with van der Waals surface area (Å²) in [5.41, 5.74) is -0.177. The van der Waals surface area contributed by atoms with E-state index < -0.39 is 130 Å². The molecule has 19 nitrogen and oxygen atoms in total. The van der Waals surface area contributed by atoms with Crippen molar-refractivity contribution < 1.29 is 173 Å². The number of hydrogen-bond donors (Lipinski definition) is 3. The van der Waals surface area contributed by atoms with Crippen molar-refractivity contribution in [3.05, 3.63) is 217 Å². The number of rotatable bonds is 23. The zero-order valence-electron chi connectivity index (χ0n) is 61.4. The van der Waals surface area contributed by atoms with Gasteiger partial charge in [-0.05, 0) is 152 Å². The Kier molecular flexibility index (Phi) is 57.8. The average molecular weight is 1830 g/mol. The van der Waals surface area contributed by atoms with E-state index in [1.807, 2.05) is 13.8 Å². The van der Waals surface area contributed by atoms with Gasteiger partial charge in [0, 0.05) is 87.4 Å². The topological polar surface area (TPSA) is 255 Å². The van der Waals surface area contributed by atoms with Gasteiger partial charge in [0.2, 0.25) is 0 Å². The normalized spacial score (nSPS) is 9.89. The number of phenolic OH excluding ortho intramolecular Hbond substituents is 3. The third kappa shape index (κ3) is 42.4. The van der Waals surface area contributed by atoms with E-state index in [4.69, 9.17) is 29.1 Å². The molecule has 616 valence electrons. The number of methoxy groups -OCH3 is 4. The van der Waals surface area contributed by atoms with Crippen LogP contribution in [0.2, 0.25) is 0 Å². The first-order chi connectivity index (χ1) is 50.9. The molecule has 0 radical (unpaired) electrons. The number of benzene rings is 7. The molecule has 3 N–H and O–H groups in total. The van der Waals surface area contributed by atoms with E-state index in [-0.39, 0.29) is 160 Å². The van der Waals surface area contributed by atoms with Crippen LogP contribution >= 0.6 is 39.5 Å². The maximum absolute atomic E-state index is 13.5. The van der Waals surface area contributed by atoms with Gasteiger partial charge in [0.05, 0.1) is 82.6 Å². The third-order valence-corrected chi connectivity index (χ3v) is 15.1. The summed E-state index contributed by atoms with van der Waals surface area (Å²) >= 11 is 5.59. The molecular weight excluding hydrogens is 1740 g/mol. The van der Waals surface area contributed by atoms with Crippen molar-refractivity contribution in [1.82, 2.24) is 0 Å². The van der Waals surface area contributed by atoms with Gasteiger partial charge in [-0.2, -0.15) is 0 Å². The first-order valence-electron chi connectivity index (χ1n) is 31.5. The summed E-state index contributed by atoms with van der Waals surface area (Å²) in [7, 11) is 1.73. The number of carbonyl (C=O) groups excluding carboxylic acids is 5. The van der Waals surface area contributed by atoms with Gasteiger partial charge < -0.3 is 69.7 Å². The van der Waals surface area contributed by atoms with Crippen LogP contribution in [0.1, 0.15) is 95.3 Å². The van der Waals surface area contributed by atoms with Crippen LogP contribution < -0.4 is 18.9 Å². The van der Waals surface area contributed by atoms with E-state index in [1.165, 1.54) is 28.4 Å². The molecule has 0 saturated heterocycles. The van der Waals surface area contributed by atoms with Gasteiger partial charge in [0.15, 0.2) is 87.3 Å². The fraction of sp³-hybridized carbons (Fsp3) is 0.315. The quantitative estimate of drug-likeness (QED) is 0.00619. The summed E-state index contributed by atoms with van der Waals surface area (Å²) in [6, 6.07) is 13.2. The molecule has 0 unspecified atom stereocenters. The van der Waals surface area contributed by atoms with Gasteiger partial charge in [0.25, 0.3) is 0 Å². The van der Waals surface area contributed by atoms with Crippen LogP contribution in [0.4, 0.5) is 61.5 Å². The van der Waals surface area contributed by atoms with E-state index in [9.17, 15) is 90.0 Å². The van der Waals surface area contributed by atoms with Crippen molar-refractivity contribution in [2.75, 3.05) is 74.2 Å². The molecule has 37 heteroatoms. The Labute approximate surface area is 657 Å². The van der Waals surface area contributed by atoms with Gasteiger partial charge in [-0.3, -0.25) is 23.7 Å². The monoisotopic (exact) mass is 1820 g/mol. The number of esters is 4. The van der Waals surface area contributed by atoms with Gasteiger partial charge >= 0.3 is 31.5 Å². The van der Waals surface area contributed by atoms with Crippen molar-refractivity contribution in [1.29, 1.82) is 0 Å². The molecule has 0 heterocycles. The predicted molar refractivity (Wildman–Crippen MR) is 382 cm³/mol. The van der Waals surface area contributed by atoms with Crippen LogP contribution in [-0.2, 0) is 85.0 Å². The average Bonchev–Trinajstić information content (AvgIpc) is 0.867. The van der Waals surface area contributed by atoms with Crippen molar-refractivity contribution in [2.24, 2.45) is 0 Å². The molecule has 0 aromatic heterocycles. The molecule has 0 atom stereocenters. The molecule has 7 aromatic carbocycles. The van der Waals surface area contributed by atoms with Crippen LogP contribution in [0.3, 0.4) is 0 Å². The van der Waals surface area contributed by atoms with Gasteiger partial charge in [-0.15, -0.1) is 0 Å². The van der Waals surface area contributed by atoms with Crippen molar-refractivity contribution in [3.63, 3.8) is 0 Å². The zero-order chi connectivity index (χ0) is 83.0. The fourth-order valence-electron chi connectivity index (χ4n) is 7.14. The molecule has 0 aliphatic carbocycles. The van der Waals surface area contributed by atoms with E-state index in [2.05, 4.69) is 65.0 Å². The Morgan fingerprint density at radius 1 is 0.409 bits per heavy atom. The second kappa shape index (κ2) is 59.1. The first kappa shape index (κ1) is 108. The Morgan fingerprint density at radius 3 is 1.15 bits per heavy atom. The molecule has 0 saturated carbocycles. The standard InChI is InChI=1S/C12H14F2O3.C12H12F2O3.C11H12F2O3.C8H6F2O2.C8H17O5P.C7H5BrF2O.C6H3BrF2O.C6H4F2O.C2H6.CH3.Pd/c2*1-3-17-12(15)5-4-8-6-10(14)11(16-2)7-9(8)13;1-2-16-11(15)4-3-7-5-9(13)10(14)6-8(7)12;1-12-8-3-6(9)5(4-11)2-7(8)10;1-4-11-8(9)7-14(10,12-5-2)13-6-3;1-11-7-3-5(9)4(8)2-6(7)10;7-3-1-5(9)6(10)2-4(3)8;7-4-1-2-5(8)6(9)3-4;1-2;;/h6-7H,3-5H2,1-2H3;4-7H,3H2,1-2H3;5-6,14H,2-4H2,1H3;2-4H,1H3;4-7H2,1-3H3;2-3H,1H3;1-2,10H;1-3,9H;1-2H3;1H3;/q;;;;;;;;;-1;/b;5-4+;;;;;;;;;. The minimum absolute atomic E-state index is 0. The van der Waals surface area contributed by atoms with E-state index in [0.717, 1.165) is 91.0 Å². The van der Waals surface area contributed by atoms with E-state index in [1.54, 1.807) is 41.5 Å². The van der Waals surface area contributed by atoms with E-state index >= 15 is 0 Å². The number of aldehydes is 1. The predicted octanol–water partition coefficient (Wildman–Crippen LogP) is 19.1. The van der Waals surface area contributed by atoms with Gasteiger partial charge in [-0.1, -0.05) is 13.8 Å². The summed E-state index contributed by atoms with van der Waals surface area (Å²) in [5.74, 6) is -14.6. The van der Waals surface area contributed by atoms with Crippen molar-refractivity contribution >= 4 is 75.7 Å². The summed E-state index contributed by atoms with van der Waals surface area (Å²) in [4.78, 5) is 54.2. The first-order valence-corrected chi connectivity index (χ1v) is 34.8. The molecule has 0 bridgehead atoms. The second-order valence-corrected chi connectivity index (χ2v) is 23.2. The van der Waals surface area contributed by atoms with Crippen LogP contribution in [0.15, 0.2) is 106 Å². The Morgan fingerprint density at radius 2 is 0.745 bits per heavy atom. The molecule has 7 aromatic rings. The molecule has 7 rings (SSSR count). The third-order valence-electron chi connectivity index (χ3n) is 12.0. The van der Waals surface area contributed by atoms with Crippen LogP contribution in [0.25, 0.3) is 6.08 Å². The smallest absolute Gasteiger partial charge is 0.341 e. The number of ether oxygens (including phenoxy) is 8. The molecule has 110 heavy (non-hydrogen) atoms. The van der Waals surface area contributed by atoms with Crippen molar-refractivity contribution in [2.45, 2.75) is 81.1 Å². The Balaban J connectivity index is -0.000000585. The Bertz CT molecular complexity index is 4000. The number of aromatic hydroxyl groups is 3. The summed E-state index contributed by atoms with van der Waals surface area (Å²) in [6.07, 6.45) is 2.27. The van der Waals surface area contributed by atoms with Crippen LogP contribution in [0.5, 0.6) is 40.2 Å². The number of phenols is 3. The largest absolute Gasteiger partial charge is 0.505 e. The minimum Gasteiger partial charge on any atom is -0.505 e. The van der Waals surface area contributed by atoms with Crippen molar-refractivity contribution in [3.8, 4) is 40.2 Å². The molecule has 0 fully saturated rings. The summed E-state index contributed by atoms with van der Waals surface area (Å²) in [5, 5.41) is 26.0. The number of carbonyl (C=O) groups is 5. The fourth-order valence-corrected chi connectivity index (χ4v) is 9.22. The van der Waals surface area contributed by atoms with Gasteiger partial charge in [0.1, 0.15) is 46.9 Å². The second-order valence-electron chi connectivity index (χ2n) is 19.4. The summed E-state index contributed by atoms with van der Waals surface area (Å²) < 4.78 is 238. The van der Waals surface area contributed by atoms with Gasteiger partial charge in [-0.25, -0.2) is 66.3 Å². The van der Waals surface area contributed by atoms with Crippen LogP contribution in [0, 0.1) is 88.9 Å². The summed E-state index contributed by atoms with van der Waals surface area (Å²) in [6.45, 7) is 15.6. The van der Waals surface area contributed by atoms with Crippen LogP contribution in [-0.4, -0.2) is 120 Å². The Hall–Kier alpha value is -8.78. The zero-order valence-corrected chi connectivity index (χ0v) is 67.0. The van der Waals surface area contributed by atoms with E-state index in [0.29, 0.717) is 12.1 Å². The SMILES string of the molecule is CC.CCOC(=O)/C=C/c1cc(F)c(OC)cc1F.CCOC(=O)CCc1cc(F)c(O)cc1F.CCOC(=O)CCc1cc(F)c(OC)cc1F.CCOC(=O)CP(=O)(OCC)OCC.COc1cc(F)c(Br)cc1F.COc1cc(F)c(C=O)cc1F.Oc1cc(F)c(Br)cc1F.Oc1cc(F)ccc1F.[CH3-].[Pd]. The number of hydrogen-bond acceptors (Lipinski definition) is 19. The number of aryl methyl sites for hydroxylation is 2. The minimum atomic E-state index is -3.28. The maximum Gasteiger partial charge on any atom is 0.341 e. The molecule has 0 aliphatic heterocycles. The molecule has 0 amide bonds. The molecular formula is C73H82Br2F14O19PPd-. The number of halogens is 16. The molecule has 0 spiro atoms. The maximum atomic E-state index is 13.5.